The Bertz CT molecular complexity index is 749. The van der Waals surface area contributed by atoms with Crippen molar-refractivity contribution in [2.45, 2.75) is 6.42 Å². The van der Waals surface area contributed by atoms with Gasteiger partial charge in [0.25, 0.3) is 0 Å². The van der Waals surface area contributed by atoms with Gasteiger partial charge >= 0.3 is 0 Å². The first kappa shape index (κ1) is 18.2. The number of methoxy groups -OCH3 is 1. The second kappa shape index (κ2) is 9.18. The molecule has 2 heterocycles. The van der Waals surface area contributed by atoms with E-state index in [9.17, 15) is 5.26 Å². The Labute approximate surface area is 154 Å². The van der Waals surface area contributed by atoms with Gasteiger partial charge in [0, 0.05) is 25.2 Å². The summed E-state index contributed by atoms with van der Waals surface area (Å²) >= 11 is 0. The summed E-state index contributed by atoms with van der Waals surface area (Å²) in [5.41, 5.74) is 2.39. The zero-order valence-electron chi connectivity index (χ0n) is 15.1. The van der Waals surface area contributed by atoms with Crippen LogP contribution < -0.4 is 10.1 Å². The number of nitriles is 1. The summed E-state index contributed by atoms with van der Waals surface area (Å²) in [6.45, 7) is 5.43. The maximum Gasteiger partial charge on any atom is 0.144 e. The van der Waals surface area contributed by atoms with Crippen molar-refractivity contribution in [1.29, 1.82) is 5.26 Å². The van der Waals surface area contributed by atoms with Crippen LogP contribution >= 0.6 is 0 Å². The van der Waals surface area contributed by atoms with Gasteiger partial charge in [0.05, 0.1) is 31.6 Å². The third kappa shape index (κ3) is 4.72. The highest BCUT2D eigenvalue weighted by Crippen LogP contribution is 2.23. The third-order valence-electron chi connectivity index (χ3n) is 4.45. The van der Waals surface area contributed by atoms with Gasteiger partial charge in [-0.15, -0.1) is 0 Å². The predicted octanol–water partition coefficient (Wildman–Crippen LogP) is 2.76. The molecule has 1 saturated heterocycles. The molecule has 136 valence electrons. The summed E-state index contributed by atoms with van der Waals surface area (Å²) in [4.78, 5) is 7.05. The molecule has 0 unspecified atom stereocenters. The number of ether oxygens (including phenoxy) is 2. The number of pyridine rings is 1. The number of benzene rings is 1. The van der Waals surface area contributed by atoms with Gasteiger partial charge in [-0.2, -0.15) is 5.26 Å². The molecule has 0 radical (unpaired) electrons. The van der Waals surface area contributed by atoms with Crippen LogP contribution in [0.15, 0.2) is 36.4 Å². The Morgan fingerprint density at radius 2 is 1.96 bits per heavy atom. The molecule has 1 aliphatic heterocycles. The van der Waals surface area contributed by atoms with Gasteiger partial charge in [-0.1, -0.05) is 0 Å². The van der Waals surface area contributed by atoms with Crippen LogP contribution in [0, 0.1) is 11.3 Å². The fraction of sp³-hybridized carbons (Fsp3) is 0.400. The number of aromatic nitrogens is 1. The molecular weight excluding hydrogens is 328 g/mol. The van der Waals surface area contributed by atoms with Crippen LogP contribution in [0.1, 0.15) is 12.0 Å². The van der Waals surface area contributed by atoms with E-state index in [1.54, 1.807) is 7.11 Å². The van der Waals surface area contributed by atoms with Crippen molar-refractivity contribution < 1.29 is 9.47 Å². The van der Waals surface area contributed by atoms with Gasteiger partial charge in [-0.05, 0) is 49.4 Å². The molecule has 3 rings (SSSR count). The molecule has 1 fully saturated rings. The van der Waals surface area contributed by atoms with Crippen LogP contribution in [0.4, 0.5) is 5.82 Å². The van der Waals surface area contributed by atoms with Crippen molar-refractivity contribution in [2.75, 3.05) is 51.8 Å². The van der Waals surface area contributed by atoms with Crippen LogP contribution in [-0.4, -0.2) is 56.4 Å². The van der Waals surface area contributed by atoms with E-state index in [1.807, 2.05) is 36.4 Å². The molecular formula is C20H24N4O2. The molecule has 0 aliphatic carbocycles. The SMILES string of the molecule is COc1ccc(-c2ccc(C#N)c(NCCCN3CCOCC3)n2)cc1. The maximum absolute atomic E-state index is 9.34. The Kier molecular flexibility index (Phi) is 6.42. The zero-order valence-corrected chi connectivity index (χ0v) is 15.1. The minimum absolute atomic E-state index is 0.564. The normalized spacial score (nSPS) is 14.6. The van der Waals surface area contributed by atoms with E-state index in [-0.39, 0.29) is 0 Å². The maximum atomic E-state index is 9.34. The monoisotopic (exact) mass is 352 g/mol. The lowest BCUT2D eigenvalue weighted by Crippen LogP contribution is -2.37. The Morgan fingerprint density at radius 3 is 2.65 bits per heavy atom. The Morgan fingerprint density at radius 1 is 1.19 bits per heavy atom. The van der Waals surface area contributed by atoms with E-state index < -0.39 is 0 Å². The Hall–Kier alpha value is -2.62. The number of rotatable bonds is 7. The van der Waals surface area contributed by atoms with Crippen molar-refractivity contribution in [1.82, 2.24) is 9.88 Å². The van der Waals surface area contributed by atoms with E-state index in [1.165, 1.54) is 0 Å². The lowest BCUT2D eigenvalue weighted by Gasteiger charge is -2.26. The van der Waals surface area contributed by atoms with Gasteiger partial charge in [-0.3, -0.25) is 4.90 Å². The molecule has 0 atom stereocenters. The topological polar surface area (TPSA) is 70.4 Å². The number of nitrogens with zero attached hydrogens (tertiary/aromatic N) is 3. The average molecular weight is 352 g/mol. The van der Waals surface area contributed by atoms with E-state index in [0.29, 0.717) is 11.4 Å². The summed E-state index contributed by atoms with van der Waals surface area (Å²) < 4.78 is 10.6. The first-order chi connectivity index (χ1) is 12.8. The quantitative estimate of drug-likeness (QED) is 0.773. The fourth-order valence-corrected chi connectivity index (χ4v) is 2.94. The van der Waals surface area contributed by atoms with E-state index >= 15 is 0 Å². The average Bonchev–Trinajstić information content (AvgIpc) is 2.72. The highest BCUT2D eigenvalue weighted by molar-refractivity contribution is 5.65. The van der Waals surface area contributed by atoms with Crippen molar-refractivity contribution in [2.24, 2.45) is 0 Å². The van der Waals surface area contributed by atoms with Crippen LogP contribution in [0.2, 0.25) is 0 Å². The number of nitrogens with one attached hydrogen (secondary N) is 1. The molecule has 6 nitrogen and oxygen atoms in total. The number of anilines is 1. The number of hydrogen-bond acceptors (Lipinski definition) is 6. The van der Waals surface area contributed by atoms with Gasteiger partial charge in [0.2, 0.25) is 0 Å². The molecule has 0 spiro atoms. The molecule has 6 heteroatoms. The standard InChI is InChI=1S/C20H24N4O2/c1-25-18-6-3-16(4-7-18)19-8-5-17(15-21)20(23-19)22-9-2-10-24-11-13-26-14-12-24/h3-8H,2,9-14H2,1H3,(H,22,23). The largest absolute Gasteiger partial charge is 0.497 e. The zero-order chi connectivity index (χ0) is 18.2. The van der Waals surface area contributed by atoms with E-state index in [0.717, 1.165) is 62.8 Å². The van der Waals surface area contributed by atoms with Crippen molar-refractivity contribution in [3.63, 3.8) is 0 Å². The summed E-state index contributed by atoms with van der Waals surface area (Å²) in [6, 6.07) is 13.7. The van der Waals surface area contributed by atoms with Crippen LogP contribution in [0.5, 0.6) is 5.75 Å². The van der Waals surface area contributed by atoms with Gasteiger partial charge in [0.15, 0.2) is 0 Å². The third-order valence-corrected chi connectivity index (χ3v) is 4.45. The minimum atomic E-state index is 0.564. The molecule has 0 saturated carbocycles. The first-order valence-electron chi connectivity index (χ1n) is 8.89. The molecule has 0 amide bonds. The first-order valence-corrected chi connectivity index (χ1v) is 8.89. The van der Waals surface area contributed by atoms with Crippen LogP contribution in [0.3, 0.4) is 0 Å². The number of morpholine rings is 1. The molecule has 1 aromatic heterocycles. The molecule has 1 aliphatic rings. The number of hydrogen-bond donors (Lipinski definition) is 1. The lowest BCUT2D eigenvalue weighted by atomic mass is 10.1. The second-order valence-electron chi connectivity index (χ2n) is 6.17. The van der Waals surface area contributed by atoms with Gasteiger partial charge in [-0.25, -0.2) is 4.98 Å². The molecule has 0 bridgehead atoms. The fourth-order valence-electron chi connectivity index (χ4n) is 2.94. The van der Waals surface area contributed by atoms with Gasteiger partial charge in [0.1, 0.15) is 17.6 Å². The second-order valence-corrected chi connectivity index (χ2v) is 6.17. The molecule has 1 aromatic carbocycles. The van der Waals surface area contributed by atoms with Crippen LogP contribution in [0.25, 0.3) is 11.3 Å². The summed E-state index contributed by atoms with van der Waals surface area (Å²) in [5, 5.41) is 12.7. The van der Waals surface area contributed by atoms with Crippen molar-refractivity contribution >= 4 is 5.82 Å². The van der Waals surface area contributed by atoms with Crippen LogP contribution in [-0.2, 0) is 4.74 Å². The van der Waals surface area contributed by atoms with E-state index in [4.69, 9.17) is 9.47 Å². The predicted molar refractivity (Wildman–Crippen MR) is 101 cm³/mol. The summed E-state index contributed by atoms with van der Waals surface area (Å²) in [5.74, 6) is 1.45. The molecule has 26 heavy (non-hydrogen) atoms. The highest BCUT2D eigenvalue weighted by atomic mass is 16.5. The summed E-state index contributed by atoms with van der Waals surface area (Å²) in [6.07, 6.45) is 0.999. The van der Waals surface area contributed by atoms with Gasteiger partial charge < -0.3 is 14.8 Å². The van der Waals surface area contributed by atoms with Crippen molar-refractivity contribution in [3.8, 4) is 23.1 Å². The molecule has 2 aromatic rings. The highest BCUT2D eigenvalue weighted by Gasteiger charge is 2.10. The Balaban J connectivity index is 1.62. The molecule has 1 N–H and O–H groups in total. The van der Waals surface area contributed by atoms with Crippen molar-refractivity contribution in [3.05, 3.63) is 42.0 Å². The smallest absolute Gasteiger partial charge is 0.144 e. The minimum Gasteiger partial charge on any atom is -0.497 e. The van der Waals surface area contributed by atoms with E-state index in [2.05, 4.69) is 21.3 Å². The summed E-state index contributed by atoms with van der Waals surface area (Å²) in [7, 11) is 1.65. The lowest BCUT2D eigenvalue weighted by molar-refractivity contribution is 0.0378.